The van der Waals surface area contributed by atoms with Gasteiger partial charge in [0.2, 0.25) is 5.91 Å². The normalized spacial score (nSPS) is 17.5. The highest BCUT2D eigenvalue weighted by atomic mass is 32.1. The SMILES string of the molecule is Cc1nc(C2NC(=O)C=CN2Cc2ccc(OC(F)(F)F)cc2)cs1. The van der Waals surface area contributed by atoms with Crippen LogP contribution in [0.15, 0.2) is 41.9 Å². The van der Waals surface area contributed by atoms with E-state index in [1.54, 1.807) is 18.3 Å². The van der Waals surface area contributed by atoms with Crippen LogP contribution in [0.1, 0.15) is 22.4 Å². The van der Waals surface area contributed by atoms with E-state index in [1.165, 1.54) is 29.5 Å². The summed E-state index contributed by atoms with van der Waals surface area (Å²) >= 11 is 1.48. The van der Waals surface area contributed by atoms with Crippen LogP contribution in [0, 0.1) is 6.92 Å². The number of rotatable bonds is 4. The van der Waals surface area contributed by atoms with Crippen LogP contribution in [0.5, 0.6) is 5.75 Å². The van der Waals surface area contributed by atoms with E-state index in [9.17, 15) is 18.0 Å². The van der Waals surface area contributed by atoms with Crippen molar-refractivity contribution in [2.45, 2.75) is 26.0 Å². The molecular formula is C16H14F3N3O2S. The molecule has 25 heavy (non-hydrogen) atoms. The molecule has 5 nitrogen and oxygen atoms in total. The van der Waals surface area contributed by atoms with Gasteiger partial charge in [0.1, 0.15) is 11.9 Å². The zero-order valence-corrected chi connectivity index (χ0v) is 13.9. The predicted molar refractivity (Wildman–Crippen MR) is 85.5 cm³/mol. The summed E-state index contributed by atoms with van der Waals surface area (Å²) in [7, 11) is 0. The topological polar surface area (TPSA) is 54.5 Å². The molecule has 1 aliphatic rings. The fourth-order valence-corrected chi connectivity index (χ4v) is 3.05. The standard InChI is InChI=1S/C16H14F3N3O2S/c1-10-20-13(9-25-10)15-21-14(23)6-7-22(15)8-11-2-4-12(5-3-11)24-16(17,18)19/h2-7,9,15H,8H2,1H3,(H,21,23). The Morgan fingerprint density at radius 3 is 2.64 bits per heavy atom. The molecule has 2 aromatic rings. The quantitative estimate of drug-likeness (QED) is 0.896. The number of alkyl halides is 3. The van der Waals surface area contributed by atoms with Crippen molar-refractivity contribution in [2.24, 2.45) is 0 Å². The molecule has 0 aliphatic carbocycles. The van der Waals surface area contributed by atoms with Crippen LogP contribution < -0.4 is 10.1 Å². The maximum absolute atomic E-state index is 12.2. The molecule has 9 heteroatoms. The average Bonchev–Trinajstić information content (AvgIpc) is 2.96. The first-order chi connectivity index (χ1) is 11.8. The number of aromatic nitrogens is 1. The van der Waals surface area contributed by atoms with Gasteiger partial charge in [0.05, 0.1) is 10.7 Å². The van der Waals surface area contributed by atoms with Crippen molar-refractivity contribution in [3.63, 3.8) is 0 Å². The third-order valence-electron chi connectivity index (χ3n) is 3.47. The molecule has 0 fully saturated rings. The Bertz CT molecular complexity index is 787. The van der Waals surface area contributed by atoms with E-state index in [0.717, 1.165) is 16.3 Å². The monoisotopic (exact) mass is 369 g/mol. The van der Waals surface area contributed by atoms with E-state index >= 15 is 0 Å². The van der Waals surface area contributed by atoms with Gasteiger partial charge in [-0.3, -0.25) is 4.79 Å². The van der Waals surface area contributed by atoms with E-state index in [-0.39, 0.29) is 11.7 Å². The smallest absolute Gasteiger partial charge is 0.406 e. The van der Waals surface area contributed by atoms with Gasteiger partial charge >= 0.3 is 6.36 Å². The van der Waals surface area contributed by atoms with Crippen LogP contribution in [0.25, 0.3) is 0 Å². The highest BCUT2D eigenvalue weighted by Gasteiger charge is 2.31. The molecule has 0 bridgehead atoms. The fraction of sp³-hybridized carbons (Fsp3) is 0.250. The first-order valence-corrected chi connectivity index (χ1v) is 8.19. The zero-order valence-electron chi connectivity index (χ0n) is 13.1. The molecule has 132 valence electrons. The maximum Gasteiger partial charge on any atom is 0.573 e. The molecule has 0 spiro atoms. The Labute approximate surface area is 145 Å². The van der Waals surface area contributed by atoms with Gasteiger partial charge < -0.3 is 15.0 Å². The number of aryl methyl sites for hydroxylation is 1. The Morgan fingerprint density at radius 1 is 1.32 bits per heavy atom. The highest BCUT2D eigenvalue weighted by Crippen LogP contribution is 2.26. The summed E-state index contributed by atoms with van der Waals surface area (Å²) in [6.45, 7) is 2.27. The Morgan fingerprint density at radius 2 is 2.04 bits per heavy atom. The van der Waals surface area contributed by atoms with E-state index in [1.807, 2.05) is 17.2 Å². The second kappa shape index (κ2) is 6.75. The zero-order chi connectivity index (χ0) is 18.0. The van der Waals surface area contributed by atoms with Crippen LogP contribution in [-0.4, -0.2) is 22.2 Å². The van der Waals surface area contributed by atoms with Gasteiger partial charge in [0.15, 0.2) is 0 Å². The molecule has 1 aromatic carbocycles. The summed E-state index contributed by atoms with van der Waals surface area (Å²) in [6, 6.07) is 5.62. The number of thiazole rings is 1. The van der Waals surface area contributed by atoms with Crippen molar-refractivity contribution in [2.75, 3.05) is 0 Å². The molecule has 1 N–H and O–H groups in total. The van der Waals surface area contributed by atoms with E-state index in [4.69, 9.17) is 0 Å². The number of nitrogens with zero attached hydrogens (tertiary/aromatic N) is 2. The maximum atomic E-state index is 12.2. The molecule has 1 unspecified atom stereocenters. The molecule has 0 radical (unpaired) electrons. The summed E-state index contributed by atoms with van der Waals surface area (Å²) < 4.78 is 40.5. The first kappa shape index (κ1) is 17.3. The summed E-state index contributed by atoms with van der Waals surface area (Å²) in [5, 5.41) is 5.58. The number of hydrogen-bond acceptors (Lipinski definition) is 5. The number of benzene rings is 1. The molecule has 2 heterocycles. The van der Waals surface area contributed by atoms with E-state index in [2.05, 4.69) is 15.0 Å². The largest absolute Gasteiger partial charge is 0.573 e. The Hall–Kier alpha value is -2.55. The number of halogens is 3. The molecule has 0 saturated carbocycles. The number of ether oxygens (including phenoxy) is 1. The first-order valence-electron chi connectivity index (χ1n) is 7.31. The summed E-state index contributed by atoms with van der Waals surface area (Å²) in [4.78, 5) is 17.9. The lowest BCUT2D eigenvalue weighted by molar-refractivity contribution is -0.274. The Kier molecular flexibility index (Phi) is 4.67. The number of nitrogens with one attached hydrogen (secondary N) is 1. The van der Waals surface area contributed by atoms with Crippen LogP contribution in [0.4, 0.5) is 13.2 Å². The molecule has 1 atom stereocenters. The van der Waals surface area contributed by atoms with E-state index < -0.39 is 12.5 Å². The second-order valence-corrected chi connectivity index (χ2v) is 6.44. The van der Waals surface area contributed by atoms with Gasteiger partial charge in [-0.05, 0) is 24.6 Å². The van der Waals surface area contributed by atoms with Crippen molar-refractivity contribution < 1.29 is 22.7 Å². The molecule has 1 amide bonds. The number of amides is 1. The third kappa shape index (κ3) is 4.50. The van der Waals surface area contributed by atoms with Crippen molar-refractivity contribution in [3.05, 3.63) is 58.2 Å². The van der Waals surface area contributed by atoms with Gasteiger partial charge in [-0.2, -0.15) is 0 Å². The lowest BCUT2D eigenvalue weighted by atomic mass is 10.1. The molecule has 3 rings (SSSR count). The Balaban J connectivity index is 1.75. The summed E-state index contributed by atoms with van der Waals surface area (Å²) in [6.07, 6.45) is -2.09. The van der Waals surface area contributed by atoms with Crippen molar-refractivity contribution in [1.29, 1.82) is 0 Å². The molecule has 1 aliphatic heterocycles. The van der Waals surface area contributed by atoms with Gasteiger partial charge in [-0.1, -0.05) is 12.1 Å². The van der Waals surface area contributed by atoms with Crippen LogP contribution in [0.2, 0.25) is 0 Å². The van der Waals surface area contributed by atoms with Gasteiger partial charge in [-0.15, -0.1) is 24.5 Å². The highest BCUT2D eigenvalue weighted by molar-refractivity contribution is 7.09. The fourth-order valence-electron chi connectivity index (χ4n) is 2.42. The average molecular weight is 369 g/mol. The van der Waals surface area contributed by atoms with Crippen molar-refractivity contribution in [3.8, 4) is 5.75 Å². The molecule has 1 aromatic heterocycles. The van der Waals surface area contributed by atoms with Crippen LogP contribution in [-0.2, 0) is 11.3 Å². The molecule has 0 saturated heterocycles. The van der Waals surface area contributed by atoms with E-state index in [0.29, 0.717) is 6.54 Å². The summed E-state index contributed by atoms with van der Waals surface area (Å²) in [5.74, 6) is -0.494. The van der Waals surface area contributed by atoms with Crippen LogP contribution >= 0.6 is 11.3 Å². The van der Waals surface area contributed by atoms with Crippen molar-refractivity contribution >= 4 is 17.2 Å². The van der Waals surface area contributed by atoms with Gasteiger partial charge in [-0.25, -0.2) is 4.98 Å². The number of carbonyl (C=O) groups excluding carboxylic acids is 1. The minimum Gasteiger partial charge on any atom is -0.406 e. The lowest BCUT2D eigenvalue weighted by Crippen LogP contribution is -2.41. The van der Waals surface area contributed by atoms with Crippen LogP contribution in [0.3, 0.4) is 0 Å². The summed E-state index contributed by atoms with van der Waals surface area (Å²) in [5.41, 5.74) is 1.49. The lowest BCUT2D eigenvalue weighted by Gasteiger charge is -2.32. The number of hydrogen-bond donors (Lipinski definition) is 1. The number of carbonyl (C=O) groups is 1. The molecular weight excluding hydrogens is 355 g/mol. The minimum atomic E-state index is -4.71. The predicted octanol–water partition coefficient (Wildman–Crippen LogP) is 3.49. The van der Waals surface area contributed by atoms with Gasteiger partial charge in [0.25, 0.3) is 0 Å². The second-order valence-electron chi connectivity index (χ2n) is 5.38. The van der Waals surface area contributed by atoms with Crippen molar-refractivity contribution in [1.82, 2.24) is 15.2 Å². The van der Waals surface area contributed by atoms with Gasteiger partial charge in [0, 0.05) is 24.2 Å². The minimum absolute atomic E-state index is 0.221. The third-order valence-corrected chi connectivity index (χ3v) is 4.26.